The van der Waals surface area contributed by atoms with Crippen LogP contribution in [0.4, 0.5) is 17.6 Å². The molecule has 25 heavy (non-hydrogen) atoms. The summed E-state index contributed by atoms with van der Waals surface area (Å²) in [7, 11) is 0. The van der Waals surface area contributed by atoms with Gasteiger partial charge >= 0.3 is 12.3 Å². The number of carbonyl (C=O) groups is 1. The zero-order chi connectivity index (χ0) is 18.3. The summed E-state index contributed by atoms with van der Waals surface area (Å²) in [4.78, 5) is 12.2. The molecule has 1 amide bonds. The van der Waals surface area contributed by atoms with Crippen molar-refractivity contribution in [3.8, 4) is 0 Å². The van der Waals surface area contributed by atoms with Gasteiger partial charge < -0.3 is 10.1 Å². The van der Waals surface area contributed by atoms with Crippen LogP contribution in [0.25, 0.3) is 0 Å². The van der Waals surface area contributed by atoms with Crippen LogP contribution in [0, 0.1) is 0 Å². The highest BCUT2D eigenvalue weighted by Gasteiger charge is 2.40. The van der Waals surface area contributed by atoms with Crippen LogP contribution in [-0.2, 0) is 11.3 Å². The molecular weight excluding hydrogens is 338 g/mol. The van der Waals surface area contributed by atoms with Crippen LogP contribution >= 0.6 is 0 Å². The maximum atomic E-state index is 12.7. The van der Waals surface area contributed by atoms with E-state index in [1.54, 1.807) is 24.3 Å². The van der Waals surface area contributed by atoms with Gasteiger partial charge in [-0.15, -0.1) is 0 Å². The largest absolute Gasteiger partial charge is 0.370 e. The Balaban J connectivity index is 1.81. The molecule has 7 heteroatoms. The van der Waals surface area contributed by atoms with Gasteiger partial charge in [-0.05, 0) is 30.5 Å². The number of hydrogen-bond donors (Lipinski definition) is 1. The molecule has 0 spiro atoms. The molecule has 1 aromatic carbocycles. The van der Waals surface area contributed by atoms with Crippen molar-refractivity contribution >= 4 is 5.91 Å². The normalized spacial score (nSPS) is 16.7. The fraction of sp³-hybridized carbons (Fsp3) is 0.611. The Bertz CT molecular complexity index is 541. The molecule has 140 valence electrons. The molecule has 2 rings (SSSR count). The number of halogens is 4. The van der Waals surface area contributed by atoms with Gasteiger partial charge in [0.2, 0.25) is 0 Å². The van der Waals surface area contributed by atoms with Crippen LogP contribution in [0.1, 0.15) is 54.4 Å². The molecule has 0 heterocycles. The highest BCUT2D eigenvalue weighted by Crippen LogP contribution is 2.23. The van der Waals surface area contributed by atoms with E-state index in [0.29, 0.717) is 11.1 Å². The molecule has 0 aromatic heterocycles. The first-order valence-electron chi connectivity index (χ1n) is 8.52. The Labute approximate surface area is 144 Å². The van der Waals surface area contributed by atoms with Crippen LogP contribution in [-0.4, -0.2) is 30.9 Å². The van der Waals surface area contributed by atoms with Gasteiger partial charge in [0.05, 0.1) is 6.61 Å². The lowest BCUT2D eigenvalue weighted by Gasteiger charge is -2.16. The van der Waals surface area contributed by atoms with Crippen LogP contribution in [0.2, 0.25) is 0 Å². The van der Waals surface area contributed by atoms with Crippen LogP contribution in [0.15, 0.2) is 24.3 Å². The standard InChI is InChI=1S/C18H23F4NO2/c19-17(20)18(21,22)12-25-11-13-7-9-14(10-8-13)16(24)23-15-5-3-1-2-4-6-15/h7-10,15,17H,1-6,11-12H2,(H,23,24). The van der Waals surface area contributed by atoms with E-state index in [-0.39, 0.29) is 18.6 Å². The molecule has 1 N–H and O–H groups in total. The molecule has 0 atom stereocenters. The molecule has 1 aliphatic carbocycles. The van der Waals surface area contributed by atoms with Gasteiger partial charge in [-0.2, -0.15) is 8.78 Å². The van der Waals surface area contributed by atoms with Gasteiger partial charge in [-0.25, -0.2) is 8.78 Å². The molecule has 0 unspecified atom stereocenters. The highest BCUT2D eigenvalue weighted by molar-refractivity contribution is 5.94. The Morgan fingerprint density at radius 1 is 1.12 bits per heavy atom. The van der Waals surface area contributed by atoms with Crippen LogP contribution in [0.5, 0.6) is 0 Å². The van der Waals surface area contributed by atoms with E-state index in [4.69, 9.17) is 0 Å². The topological polar surface area (TPSA) is 38.3 Å². The first-order valence-corrected chi connectivity index (χ1v) is 8.52. The maximum absolute atomic E-state index is 12.7. The minimum absolute atomic E-state index is 0.163. The molecule has 1 aromatic rings. The minimum atomic E-state index is -4.15. The number of nitrogens with one attached hydrogen (secondary N) is 1. The van der Waals surface area contributed by atoms with Gasteiger partial charge in [-0.1, -0.05) is 37.8 Å². The van der Waals surface area contributed by atoms with Gasteiger partial charge in [0, 0.05) is 11.6 Å². The van der Waals surface area contributed by atoms with Gasteiger partial charge in [-0.3, -0.25) is 4.79 Å². The minimum Gasteiger partial charge on any atom is -0.370 e. The fourth-order valence-corrected chi connectivity index (χ4v) is 2.81. The lowest BCUT2D eigenvalue weighted by atomic mass is 10.1. The number of amides is 1. The average molecular weight is 361 g/mol. The number of alkyl halides is 4. The summed E-state index contributed by atoms with van der Waals surface area (Å²) in [5.41, 5.74) is 1.02. The van der Waals surface area contributed by atoms with Crippen molar-refractivity contribution in [3.05, 3.63) is 35.4 Å². The summed E-state index contributed by atoms with van der Waals surface area (Å²) < 4.78 is 54.2. The Morgan fingerprint density at radius 2 is 1.72 bits per heavy atom. The SMILES string of the molecule is O=C(NC1CCCCCC1)c1ccc(COCC(F)(F)C(F)F)cc1. The zero-order valence-corrected chi connectivity index (χ0v) is 13.9. The number of benzene rings is 1. The second-order valence-corrected chi connectivity index (χ2v) is 6.41. The quantitative estimate of drug-likeness (QED) is 0.571. The molecule has 0 radical (unpaired) electrons. The molecule has 0 saturated heterocycles. The van der Waals surface area contributed by atoms with E-state index in [0.717, 1.165) is 25.7 Å². The summed E-state index contributed by atoms with van der Waals surface area (Å²) in [5.74, 6) is -4.32. The third kappa shape index (κ3) is 6.30. The molecule has 1 fully saturated rings. The number of rotatable bonds is 7. The van der Waals surface area contributed by atoms with E-state index in [1.807, 2.05) is 0 Å². The highest BCUT2D eigenvalue weighted by atomic mass is 19.3. The van der Waals surface area contributed by atoms with E-state index in [1.165, 1.54) is 12.8 Å². The van der Waals surface area contributed by atoms with Crippen molar-refractivity contribution in [2.45, 2.75) is 63.5 Å². The molecule has 1 aliphatic rings. The lowest BCUT2D eigenvalue weighted by Crippen LogP contribution is -2.34. The fourth-order valence-electron chi connectivity index (χ4n) is 2.81. The van der Waals surface area contributed by atoms with Crippen molar-refractivity contribution in [2.24, 2.45) is 0 Å². The van der Waals surface area contributed by atoms with E-state index in [9.17, 15) is 22.4 Å². The van der Waals surface area contributed by atoms with Crippen LogP contribution < -0.4 is 5.32 Å². The first-order chi connectivity index (χ1) is 11.9. The number of hydrogen-bond acceptors (Lipinski definition) is 2. The summed E-state index contributed by atoms with van der Waals surface area (Å²) in [6.45, 7) is -1.55. The summed E-state index contributed by atoms with van der Waals surface area (Å²) in [6.07, 6.45) is 2.85. The smallest absolute Gasteiger partial charge is 0.330 e. The van der Waals surface area contributed by atoms with E-state index >= 15 is 0 Å². The lowest BCUT2D eigenvalue weighted by molar-refractivity contribution is -0.168. The van der Waals surface area contributed by atoms with Crippen molar-refractivity contribution in [1.82, 2.24) is 5.32 Å². The number of carbonyl (C=O) groups excluding carboxylic acids is 1. The third-order valence-corrected chi connectivity index (χ3v) is 4.29. The first kappa shape index (κ1) is 19.7. The molecule has 1 saturated carbocycles. The second-order valence-electron chi connectivity index (χ2n) is 6.41. The van der Waals surface area contributed by atoms with E-state index < -0.39 is 19.0 Å². The second kappa shape index (κ2) is 9.17. The zero-order valence-electron chi connectivity index (χ0n) is 13.9. The Hall–Kier alpha value is -1.63. The predicted molar refractivity (Wildman–Crippen MR) is 86.0 cm³/mol. The summed E-state index contributed by atoms with van der Waals surface area (Å²) in [6, 6.07) is 6.49. The van der Waals surface area contributed by atoms with Gasteiger partial charge in [0.1, 0.15) is 6.61 Å². The Morgan fingerprint density at radius 3 is 2.28 bits per heavy atom. The van der Waals surface area contributed by atoms with Crippen molar-refractivity contribution < 1.29 is 27.1 Å². The molecule has 3 nitrogen and oxygen atoms in total. The van der Waals surface area contributed by atoms with Crippen molar-refractivity contribution in [3.63, 3.8) is 0 Å². The third-order valence-electron chi connectivity index (χ3n) is 4.29. The monoisotopic (exact) mass is 361 g/mol. The average Bonchev–Trinajstić information content (AvgIpc) is 2.84. The predicted octanol–water partition coefficient (Wildman–Crippen LogP) is 4.56. The molecular formula is C18H23F4NO2. The van der Waals surface area contributed by atoms with Crippen molar-refractivity contribution in [2.75, 3.05) is 6.61 Å². The molecule has 0 aliphatic heterocycles. The van der Waals surface area contributed by atoms with E-state index in [2.05, 4.69) is 10.1 Å². The van der Waals surface area contributed by atoms with Gasteiger partial charge in [0.15, 0.2) is 0 Å². The maximum Gasteiger partial charge on any atom is 0.330 e. The number of ether oxygens (including phenoxy) is 1. The van der Waals surface area contributed by atoms with Gasteiger partial charge in [0.25, 0.3) is 5.91 Å². The molecule has 0 bridgehead atoms. The summed E-state index contributed by atoms with van der Waals surface area (Å²) >= 11 is 0. The van der Waals surface area contributed by atoms with Crippen LogP contribution in [0.3, 0.4) is 0 Å². The summed E-state index contributed by atoms with van der Waals surface area (Å²) in [5, 5.41) is 3.02. The van der Waals surface area contributed by atoms with Crippen molar-refractivity contribution in [1.29, 1.82) is 0 Å². The Kier molecular flexibility index (Phi) is 7.23.